The van der Waals surface area contributed by atoms with Crippen LogP contribution in [-0.2, 0) is 40.9 Å². The summed E-state index contributed by atoms with van der Waals surface area (Å²) in [4.78, 5) is 61.9. The molecular formula is C42H50N8O6. The summed E-state index contributed by atoms with van der Waals surface area (Å²) in [6.45, 7) is 9.24. The molecule has 5 amide bonds. The topological polar surface area (TPSA) is 143 Å². The predicted octanol–water partition coefficient (Wildman–Crippen LogP) is 3.07. The van der Waals surface area contributed by atoms with Gasteiger partial charge in [0.1, 0.15) is 18.0 Å². The number of phenols is 1. The molecule has 14 nitrogen and oxygen atoms in total. The zero-order valence-corrected chi connectivity index (χ0v) is 31.8. The smallest absolute Gasteiger partial charge is 0.334 e. The lowest BCUT2D eigenvalue weighted by Crippen LogP contribution is -2.76. The van der Waals surface area contributed by atoms with Gasteiger partial charge in [0.05, 0.1) is 37.4 Å². The van der Waals surface area contributed by atoms with Crippen LogP contribution in [0, 0.1) is 0 Å². The first-order valence-electron chi connectivity index (χ1n) is 19.2. The number of aromatic nitrogens is 1. The van der Waals surface area contributed by atoms with E-state index in [0.717, 1.165) is 66.9 Å². The number of hydrogen-bond acceptors (Lipinski definition) is 8. The van der Waals surface area contributed by atoms with E-state index in [4.69, 9.17) is 4.74 Å². The molecule has 3 aliphatic rings. The number of phenolic OH excluding ortho intramolecular Hbond substituents is 1. The molecule has 0 spiro atoms. The molecule has 14 heteroatoms. The number of nitrogens with zero attached hydrogens (tertiary/aromatic N) is 6. The molecule has 3 aromatic carbocycles. The van der Waals surface area contributed by atoms with E-state index < -0.39 is 18.2 Å². The molecule has 3 saturated heterocycles. The molecule has 0 radical (unpaired) electrons. The second-order valence-corrected chi connectivity index (χ2v) is 14.5. The number of rotatable bonds is 13. The Labute approximate surface area is 326 Å². The minimum atomic E-state index is -0.924. The second-order valence-electron chi connectivity index (χ2n) is 14.5. The Hall–Kier alpha value is -5.70. The first-order chi connectivity index (χ1) is 27.2. The Kier molecular flexibility index (Phi) is 12.0. The summed E-state index contributed by atoms with van der Waals surface area (Å²) in [5, 5.41) is 20.1. The van der Waals surface area contributed by atoms with Crippen molar-refractivity contribution in [3.63, 3.8) is 0 Å². The number of ether oxygens (including phenoxy) is 1. The molecule has 3 fully saturated rings. The van der Waals surface area contributed by atoms with Gasteiger partial charge in [-0.3, -0.25) is 19.3 Å². The number of amides is 5. The fourth-order valence-electron chi connectivity index (χ4n) is 8.05. The Morgan fingerprint density at radius 1 is 0.964 bits per heavy atom. The number of aromatic hydroxyl groups is 1. The lowest BCUT2D eigenvalue weighted by atomic mass is 9.98. The lowest BCUT2D eigenvalue weighted by molar-refractivity contribution is -0.189. The Morgan fingerprint density at radius 3 is 2.48 bits per heavy atom. The molecule has 3 aliphatic heterocycles. The zero-order valence-electron chi connectivity index (χ0n) is 31.8. The maximum Gasteiger partial charge on any atom is 0.334 e. The number of hydrogen-bond donors (Lipinski definition) is 3. The Bertz CT molecular complexity index is 2050. The molecule has 0 saturated carbocycles. The first-order valence-corrected chi connectivity index (χ1v) is 19.2. The van der Waals surface area contributed by atoms with Crippen molar-refractivity contribution in [3.05, 3.63) is 114 Å². The fraction of sp³-hybridized carbons (Fsp3) is 0.381. The zero-order chi connectivity index (χ0) is 39.2. The summed E-state index contributed by atoms with van der Waals surface area (Å²) in [6, 6.07) is 20.6. The summed E-state index contributed by atoms with van der Waals surface area (Å²) >= 11 is 0. The number of fused-ring (bicyclic) bond motifs is 2. The SMILES string of the molecule is C=CCN1CC(=O)N2[C@@H](Cc3ccc(O)cc3)C(=O)N(Cc3cccc4c(C(=O)NCCCN5CCOCC5)cn(C)c34)C[C@@H]2N1C(=O)NCc1ccccc1. The van der Waals surface area contributed by atoms with Crippen LogP contribution in [0.15, 0.2) is 91.6 Å². The predicted molar refractivity (Wildman–Crippen MR) is 211 cm³/mol. The monoisotopic (exact) mass is 762 g/mol. The molecule has 294 valence electrons. The first kappa shape index (κ1) is 38.6. The maximum atomic E-state index is 14.6. The summed E-state index contributed by atoms with van der Waals surface area (Å²) in [7, 11) is 1.89. The van der Waals surface area contributed by atoms with Crippen LogP contribution in [0.25, 0.3) is 10.9 Å². The average molecular weight is 763 g/mol. The maximum absolute atomic E-state index is 14.6. The summed E-state index contributed by atoms with van der Waals surface area (Å²) in [5.74, 6) is -0.594. The molecule has 0 bridgehead atoms. The van der Waals surface area contributed by atoms with Gasteiger partial charge in [-0.05, 0) is 41.8 Å². The Morgan fingerprint density at radius 2 is 1.73 bits per heavy atom. The van der Waals surface area contributed by atoms with Crippen molar-refractivity contribution in [2.45, 2.75) is 38.1 Å². The van der Waals surface area contributed by atoms with Crippen LogP contribution in [0.2, 0.25) is 0 Å². The van der Waals surface area contributed by atoms with Crippen molar-refractivity contribution < 1.29 is 29.0 Å². The number of nitrogens with one attached hydrogen (secondary N) is 2. The summed E-state index contributed by atoms with van der Waals surface area (Å²) in [6.07, 6.45) is 3.66. The van der Waals surface area contributed by atoms with Crippen molar-refractivity contribution in [1.29, 1.82) is 0 Å². The summed E-state index contributed by atoms with van der Waals surface area (Å²) in [5.41, 5.74) is 3.88. The van der Waals surface area contributed by atoms with E-state index in [1.165, 1.54) is 0 Å². The molecule has 7 rings (SSSR count). The van der Waals surface area contributed by atoms with Crippen LogP contribution >= 0.6 is 0 Å². The molecule has 0 unspecified atom stereocenters. The van der Waals surface area contributed by atoms with Gasteiger partial charge in [-0.2, -0.15) is 0 Å². The number of morpholine rings is 1. The van der Waals surface area contributed by atoms with Gasteiger partial charge in [0.2, 0.25) is 11.8 Å². The van der Waals surface area contributed by atoms with Gasteiger partial charge in [-0.15, -0.1) is 6.58 Å². The minimum Gasteiger partial charge on any atom is -0.508 e. The van der Waals surface area contributed by atoms with Crippen molar-refractivity contribution >= 4 is 34.7 Å². The standard InChI is InChI=1S/C42H50N8O6/c1-3-18-48-29-38(52)49-36(24-30-13-15-33(51)16-14-30)41(54)47(28-37(49)50(48)42(55)44-25-31-9-5-4-6-10-31)26-32-11-7-12-34-35(27-45(2)39(32)34)40(53)43-17-8-19-46-20-22-56-23-21-46/h3-7,9-16,27,36-37,51H,1,8,17-26,28-29H2,2H3,(H,43,53)(H,44,55)/t36-,37-/m0/s1. The van der Waals surface area contributed by atoms with E-state index in [1.807, 2.05) is 66.3 Å². The molecule has 2 atom stereocenters. The number of carbonyl (C=O) groups excluding carboxylic acids is 4. The molecule has 4 heterocycles. The van der Waals surface area contributed by atoms with Crippen molar-refractivity contribution in [2.75, 3.05) is 59.0 Å². The van der Waals surface area contributed by atoms with Crippen molar-refractivity contribution in [1.82, 2.24) is 39.9 Å². The molecule has 3 N–H and O–H groups in total. The molecule has 4 aromatic rings. The van der Waals surface area contributed by atoms with E-state index in [-0.39, 0.29) is 62.6 Å². The van der Waals surface area contributed by atoms with Crippen LogP contribution in [-0.4, -0.2) is 129 Å². The molecule has 1 aromatic heterocycles. The highest BCUT2D eigenvalue weighted by Gasteiger charge is 2.51. The molecular weight excluding hydrogens is 713 g/mol. The van der Waals surface area contributed by atoms with Crippen molar-refractivity contribution in [3.8, 4) is 5.75 Å². The van der Waals surface area contributed by atoms with Gasteiger partial charge >= 0.3 is 6.03 Å². The normalized spacial score (nSPS) is 19.3. The van der Waals surface area contributed by atoms with Gasteiger partial charge in [-0.1, -0.05) is 66.7 Å². The van der Waals surface area contributed by atoms with E-state index in [1.54, 1.807) is 50.2 Å². The van der Waals surface area contributed by atoms with Crippen LogP contribution in [0.5, 0.6) is 5.75 Å². The average Bonchev–Trinajstić information content (AvgIpc) is 3.55. The minimum absolute atomic E-state index is 0.0559. The van der Waals surface area contributed by atoms with Crippen LogP contribution < -0.4 is 10.6 Å². The number of urea groups is 1. The largest absolute Gasteiger partial charge is 0.508 e. The number of aryl methyl sites for hydroxylation is 1. The molecule has 0 aliphatic carbocycles. The van der Waals surface area contributed by atoms with E-state index in [9.17, 15) is 24.3 Å². The highest BCUT2D eigenvalue weighted by molar-refractivity contribution is 6.07. The quantitative estimate of drug-likeness (QED) is 0.140. The molecule has 56 heavy (non-hydrogen) atoms. The van der Waals surface area contributed by atoms with Gasteiger partial charge in [0.25, 0.3) is 5.91 Å². The number of carbonyl (C=O) groups is 4. The number of benzene rings is 3. The van der Waals surface area contributed by atoms with Gasteiger partial charge in [-0.25, -0.2) is 14.8 Å². The third-order valence-corrected chi connectivity index (χ3v) is 10.8. The van der Waals surface area contributed by atoms with Crippen LogP contribution in [0.3, 0.4) is 0 Å². The van der Waals surface area contributed by atoms with E-state index >= 15 is 0 Å². The van der Waals surface area contributed by atoms with E-state index in [2.05, 4.69) is 22.1 Å². The highest BCUT2D eigenvalue weighted by atomic mass is 16.5. The fourth-order valence-corrected chi connectivity index (χ4v) is 8.05. The third-order valence-electron chi connectivity index (χ3n) is 10.8. The third kappa shape index (κ3) is 8.42. The van der Waals surface area contributed by atoms with Gasteiger partial charge < -0.3 is 34.8 Å². The van der Waals surface area contributed by atoms with Gasteiger partial charge in [0.15, 0.2) is 0 Å². The number of hydrazine groups is 1. The van der Waals surface area contributed by atoms with Crippen molar-refractivity contribution in [2.24, 2.45) is 7.05 Å². The van der Waals surface area contributed by atoms with Crippen LogP contribution in [0.4, 0.5) is 4.79 Å². The lowest BCUT2D eigenvalue weighted by Gasteiger charge is -2.55. The summed E-state index contributed by atoms with van der Waals surface area (Å²) < 4.78 is 7.36. The van der Waals surface area contributed by atoms with E-state index in [0.29, 0.717) is 12.1 Å². The number of para-hydroxylation sites is 1. The van der Waals surface area contributed by atoms with Gasteiger partial charge in [0, 0.05) is 64.3 Å². The highest BCUT2D eigenvalue weighted by Crippen LogP contribution is 2.32. The number of piperazine rings is 1. The van der Waals surface area contributed by atoms with Crippen LogP contribution in [0.1, 0.15) is 33.5 Å². The second kappa shape index (κ2) is 17.4. The Balaban J connectivity index is 1.16.